The van der Waals surface area contributed by atoms with Crippen molar-refractivity contribution in [2.75, 3.05) is 12.4 Å². The normalized spacial score (nSPS) is 13.2. The molecule has 1 unspecified atom stereocenters. The summed E-state index contributed by atoms with van der Waals surface area (Å²) in [6, 6.07) is 0.345. The molecule has 4 nitrogen and oxygen atoms in total. The average Bonchev–Trinajstić information content (AvgIpc) is 2.72. The third-order valence-corrected chi connectivity index (χ3v) is 3.83. The molecule has 0 fully saturated rings. The van der Waals surface area contributed by atoms with Crippen molar-refractivity contribution < 1.29 is 9.53 Å². The number of carbonyl (C=O) groups is 1. The lowest BCUT2D eigenvalue weighted by molar-refractivity contribution is -0.140. The molecule has 5 heteroatoms. The smallest absolute Gasteiger partial charge is 0.305 e. The minimum atomic E-state index is -0.194. The summed E-state index contributed by atoms with van der Waals surface area (Å²) in [6.07, 6.45) is 1.02. The largest absolute Gasteiger partial charge is 0.469 e. The van der Waals surface area contributed by atoms with Gasteiger partial charge in [-0.2, -0.15) is 0 Å². The maximum Gasteiger partial charge on any atom is 0.305 e. The molecule has 102 valence electrons. The second kappa shape index (κ2) is 6.18. The Bertz CT molecular complexity index is 396. The standard InChI is InChI=1S/C13H22N2O2S/c1-9(13(2,3)4)14-12-15-10(8-18-12)6-7-11(16)17-5/h8-9H,6-7H2,1-5H3,(H,14,15). The molecule has 0 spiro atoms. The Labute approximate surface area is 113 Å². The van der Waals surface area contributed by atoms with E-state index in [1.165, 1.54) is 7.11 Å². The lowest BCUT2D eigenvalue weighted by Crippen LogP contribution is -2.30. The molecule has 0 amide bonds. The minimum Gasteiger partial charge on any atom is -0.469 e. The van der Waals surface area contributed by atoms with Crippen LogP contribution in [-0.4, -0.2) is 24.1 Å². The first-order valence-corrected chi connectivity index (χ1v) is 6.98. The molecule has 1 aromatic heterocycles. The number of thiazole rings is 1. The fraction of sp³-hybridized carbons (Fsp3) is 0.692. The van der Waals surface area contributed by atoms with Gasteiger partial charge in [-0.15, -0.1) is 11.3 Å². The van der Waals surface area contributed by atoms with Gasteiger partial charge in [0.15, 0.2) is 5.13 Å². The van der Waals surface area contributed by atoms with Crippen molar-refractivity contribution in [1.29, 1.82) is 0 Å². The lowest BCUT2D eigenvalue weighted by atomic mass is 9.88. The third-order valence-electron chi connectivity index (χ3n) is 3.00. The maximum absolute atomic E-state index is 11.0. The Morgan fingerprint density at radius 2 is 2.22 bits per heavy atom. The molecule has 1 atom stereocenters. The number of hydrogen-bond donors (Lipinski definition) is 1. The molecule has 18 heavy (non-hydrogen) atoms. The van der Waals surface area contributed by atoms with Gasteiger partial charge in [0.25, 0.3) is 0 Å². The summed E-state index contributed by atoms with van der Waals surface area (Å²) in [6.45, 7) is 8.72. The first-order valence-electron chi connectivity index (χ1n) is 6.10. The summed E-state index contributed by atoms with van der Waals surface area (Å²) in [4.78, 5) is 15.5. The Kier molecular flexibility index (Phi) is 5.14. The number of ether oxygens (including phenoxy) is 1. The molecule has 0 aliphatic rings. The number of esters is 1. The van der Waals surface area contributed by atoms with Crippen LogP contribution in [0.2, 0.25) is 0 Å². The van der Waals surface area contributed by atoms with Gasteiger partial charge in [0.05, 0.1) is 19.2 Å². The second-order valence-corrected chi connectivity index (χ2v) is 6.31. The molecular weight excluding hydrogens is 248 g/mol. The van der Waals surface area contributed by atoms with Crippen molar-refractivity contribution in [2.24, 2.45) is 5.41 Å². The SMILES string of the molecule is COC(=O)CCc1csc(NC(C)C(C)(C)C)n1. The zero-order chi connectivity index (χ0) is 13.8. The quantitative estimate of drug-likeness (QED) is 0.835. The van der Waals surface area contributed by atoms with Gasteiger partial charge in [-0.05, 0) is 12.3 Å². The van der Waals surface area contributed by atoms with Crippen molar-refractivity contribution in [3.8, 4) is 0 Å². The van der Waals surface area contributed by atoms with E-state index in [2.05, 4.69) is 42.7 Å². The predicted molar refractivity (Wildman–Crippen MR) is 75.0 cm³/mol. The minimum absolute atomic E-state index is 0.192. The molecule has 1 rings (SSSR count). The van der Waals surface area contributed by atoms with Gasteiger partial charge in [0.1, 0.15) is 0 Å². The van der Waals surface area contributed by atoms with Crippen LogP contribution in [0.1, 0.15) is 39.8 Å². The number of nitrogens with zero attached hydrogens (tertiary/aromatic N) is 1. The molecule has 0 bridgehead atoms. The Hall–Kier alpha value is -1.10. The number of carbonyl (C=O) groups excluding carboxylic acids is 1. The van der Waals surface area contributed by atoms with Crippen molar-refractivity contribution >= 4 is 22.4 Å². The van der Waals surface area contributed by atoms with E-state index < -0.39 is 0 Å². The van der Waals surface area contributed by atoms with Gasteiger partial charge in [0, 0.05) is 17.8 Å². The first-order chi connectivity index (χ1) is 8.32. The van der Waals surface area contributed by atoms with Crippen LogP contribution in [0.25, 0.3) is 0 Å². The van der Waals surface area contributed by atoms with E-state index >= 15 is 0 Å². The average molecular weight is 270 g/mol. The Morgan fingerprint density at radius 1 is 1.56 bits per heavy atom. The highest BCUT2D eigenvalue weighted by atomic mass is 32.1. The number of aromatic nitrogens is 1. The highest BCUT2D eigenvalue weighted by Gasteiger charge is 2.20. The van der Waals surface area contributed by atoms with Gasteiger partial charge in [-0.25, -0.2) is 4.98 Å². The van der Waals surface area contributed by atoms with Gasteiger partial charge in [-0.1, -0.05) is 20.8 Å². The van der Waals surface area contributed by atoms with Crippen LogP contribution in [-0.2, 0) is 16.0 Å². The van der Waals surface area contributed by atoms with Gasteiger partial charge in [-0.3, -0.25) is 4.79 Å². The number of nitrogens with one attached hydrogen (secondary N) is 1. The Balaban J connectivity index is 2.51. The predicted octanol–water partition coefficient (Wildman–Crippen LogP) is 3.10. The van der Waals surface area contributed by atoms with Crippen LogP contribution in [0.5, 0.6) is 0 Å². The van der Waals surface area contributed by atoms with Crippen molar-refractivity contribution in [1.82, 2.24) is 4.98 Å². The van der Waals surface area contributed by atoms with Crippen molar-refractivity contribution in [3.05, 3.63) is 11.1 Å². The zero-order valence-corrected chi connectivity index (χ0v) is 12.6. The zero-order valence-electron chi connectivity index (χ0n) is 11.7. The molecule has 1 aromatic rings. The number of methoxy groups -OCH3 is 1. The van der Waals surface area contributed by atoms with E-state index in [1.807, 2.05) is 5.38 Å². The van der Waals surface area contributed by atoms with E-state index in [0.29, 0.717) is 18.9 Å². The van der Waals surface area contributed by atoms with Crippen LogP contribution in [0.3, 0.4) is 0 Å². The maximum atomic E-state index is 11.0. The molecular formula is C13H22N2O2S. The van der Waals surface area contributed by atoms with Gasteiger partial charge in [0.2, 0.25) is 0 Å². The van der Waals surface area contributed by atoms with E-state index in [1.54, 1.807) is 11.3 Å². The molecule has 0 aromatic carbocycles. The summed E-state index contributed by atoms with van der Waals surface area (Å²) in [7, 11) is 1.40. The van der Waals surface area contributed by atoms with E-state index in [0.717, 1.165) is 10.8 Å². The molecule has 0 saturated carbocycles. The lowest BCUT2D eigenvalue weighted by Gasteiger charge is -2.27. The van der Waals surface area contributed by atoms with Gasteiger partial charge < -0.3 is 10.1 Å². The number of aryl methyl sites for hydroxylation is 1. The molecule has 1 heterocycles. The Morgan fingerprint density at radius 3 is 2.78 bits per heavy atom. The number of rotatable bonds is 5. The van der Waals surface area contributed by atoms with Crippen LogP contribution in [0.4, 0.5) is 5.13 Å². The molecule has 0 radical (unpaired) electrons. The molecule has 0 saturated heterocycles. The van der Waals surface area contributed by atoms with Crippen molar-refractivity contribution in [2.45, 2.75) is 46.6 Å². The van der Waals surface area contributed by atoms with E-state index in [9.17, 15) is 4.79 Å². The fourth-order valence-corrected chi connectivity index (χ4v) is 2.06. The molecule has 0 aliphatic heterocycles. The van der Waals surface area contributed by atoms with Crippen molar-refractivity contribution in [3.63, 3.8) is 0 Å². The summed E-state index contributed by atoms with van der Waals surface area (Å²) >= 11 is 1.58. The highest BCUT2D eigenvalue weighted by Crippen LogP contribution is 2.25. The fourth-order valence-electron chi connectivity index (χ4n) is 1.22. The first kappa shape index (κ1) is 15.0. The summed E-state index contributed by atoms with van der Waals surface area (Å²) in [5.74, 6) is -0.194. The highest BCUT2D eigenvalue weighted by molar-refractivity contribution is 7.13. The third kappa shape index (κ3) is 4.64. The van der Waals surface area contributed by atoms with E-state index in [-0.39, 0.29) is 11.4 Å². The second-order valence-electron chi connectivity index (χ2n) is 5.45. The van der Waals surface area contributed by atoms with Crippen LogP contribution in [0.15, 0.2) is 5.38 Å². The van der Waals surface area contributed by atoms with E-state index in [4.69, 9.17) is 0 Å². The monoisotopic (exact) mass is 270 g/mol. The van der Waals surface area contributed by atoms with Crippen LogP contribution in [0, 0.1) is 5.41 Å². The topological polar surface area (TPSA) is 51.2 Å². The summed E-state index contributed by atoms with van der Waals surface area (Å²) < 4.78 is 4.61. The van der Waals surface area contributed by atoms with Crippen LogP contribution >= 0.6 is 11.3 Å². The molecule has 1 N–H and O–H groups in total. The summed E-state index contributed by atoms with van der Waals surface area (Å²) in [5.41, 5.74) is 1.13. The molecule has 0 aliphatic carbocycles. The number of anilines is 1. The van der Waals surface area contributed by atoms with Crippen LogP contribution < -0.4 is 5.32 Å². The van der Waals surface area contributed by atoms with Gasteiger partial charge >= 0.3 is 5.97 Å². The summed E-state index contributed by atoms with van der Waals surface area (Å²) in [5, 5.41) is 6.30. The number of hydrogen-bond acceptors (Lipinski definition) is 5.